The van der Waals surface area contributed by atoms with Crippen LogP contribution in [0.15, 0.2) is 36.0 Å². The lowest BCUT2D eigenvalue weighted by molar-refractivity contribution is -0.104. The summed E-state index contributed by atoms with van der Waals surface area (Å²) in [7, 11) is 0. The Bertz CT molecular complexity index is 341. The van der Waals surface area contributed by atoms with E-state index in [4.69, 9.17) is 0 Å². The first-order valence-electron chi connectivity index (χ1n) is 3.90. The number of allylic oxidation sites excluding steroid dienone is 2. The fraction of sp³-hybridized carbons (Fsp3) is 0.100. The summed E-state index contributed by atoms with van der Waals surface area (Å²) in [6, 6.07) is 7.99. The van der Waals surface area contributed by atoms with Crippen molar-refractivity contribution in [1.29, 1.82) is 0 Å². The summed E-state index contributed by atoms with van der Waals surface area (Å²) in [5.41, 5.74) is 2.94. The minimum absolute atomic E-state index is 0.661. The van der Waals surface area contributed by atoms with Gasteiger partial charge in [0.25, 0.3) is 0 Å². The van der Waals surface area contributed by atoms with Crippen LogP contribution >= 0.6 is 0 Å². The maximum absolute atomic E-state index is 10.4. The fourth-order valence-electron chi connectivity index (χ4n) is 1.32. The number of rotatable bonds is 1. The summed E-state index contributed by atoms with van der Waals surface area (Å²) in [6.07, 6.45) is 3.59. The number of carbonyl (C=O) groups is 1. The van der Waals surface area contributed by atoms with Crippen molar-refractivity contribution in [1.82, 2.24) is 0 Å². The lowest BCUT2D eigenvalue weighted by atomic mass is 10.1. The minimum atomic E-state index is 0.661. The summed E-state index contributed by atoms with van der Waals surface area (Å²) < 4.78 is 0. The molecule has 1 heterocycles. The lowest BCUT2D eigenvalue weighted by Crippen LogP contribution is -2.08. The highest BCUT2D eigenvalue weighted by molar-refractivity contribution is 5.81. The van der Waals surface area contributed by atoms with Gasteiger partial charge in [-0.05, 0) is 18.1 Å². The van der Waals surface area contributed by atoms with Crippen LogP contribution in [0.2, 0.25) is 0 Å². The standard InChI is InChI=1S/C10H9NO/c12-7-9-6-5-8-3-1-2-4-10(8)11-9/h1-4,6-7,11H,5H2. The van der Waals surface area contributed by atoms with Crippen molar-refractivity contribution >= 4 is 12.0 Å². The third-order valence-electron chi connectivity index (χ3n) is 1.97. The topological polar surface area (TPSA) is 29.1 Å². The number of anilines is 1. The van der Waals surface area contributed by atoms with Gasteiger partial charge in [-0.2, -0.15) is 0 Å². The zero-order chi connectivity index (χ0) is 8.39. The van der Waals surface area contributed by atoms with E-state index >= 15 is 0 Å². The van der Waals surface area contributed by atoms with E-state index in [0.717, 1.165) is 18.4 Å². The van der Waals surface area contributed by atoms with Gasteiger partial charge in [0.05, 0.1) is 5.70 Å². The molecule has 2 rings (SSSR count). The van der Waals surface area contributed by atoms with Gasteiger partial charge in [-0.25, -0.2) is 0 Å². The second-order valence-electron chi connectivity index (χ2n) is 2.76. The number of aldehydes is 1. The van der Waals surface area contributed by atoms with E-state index < -0.39 is 0 Å². The molecule has 60 valence electrons. The normalized spacial score (nSPS) is 14.2. The predicted molar refractivity (Wildman–Crippen MR) is 47.9 cm³/mol. The Balaban J connectivity index is 2.36. The summed E-state index contributed by atoms with van der Waals surface area (Å²) in [6.45, 7) is 0. The van der Waals surface area contributed by atoms with E-state index in [1.54, 1.807) is 0 Å². The Hall–Kier alpha value is -1.57. The van der Waals surface area contributed by atoms with Crippen LogP contribution in [0.5, 0.6) is 0 Å². The van der Waals surface area contributed by atoms with Crippen LogP contribution in [0.25, 0.3) is 0 Å². The molecule has 0 atom stereocenters. The number of carbonyl (C=O) groups excluding carboxylic acids is 1. The molecule has 1 aliphatic heterocycles. The first-order valence-corrected chi connectivity index (χ1v) is 3.90. The molecule has 0 aromatic heterocycles. The molecule has 0 bridgehead atoms. The quantitative estimate of drug-likeness (QED) is 0.632. The third kappa shape index (κ3) is 1.11. The molecule has 12 heavy (non-hydrogen) atoms. The van der Waals surface area contributed by atoms with Gasteiger partial charge < -0.3 is 5.32 Å². The number of hydrogen-bond acceptors (Lipinski definition) is 2. The number of nitrogens with one attached hydrogen (secondary N) is 1. The Kier molecular flexibility index (Phi) is 1.67. The molecule has 1 N–H and O–H groups in total. The average Bonchev–Trinajstić information content (AvgIpc) is 2.17. The van der Waals surface area contributed by atoms with Crippen LogP contribution in [0.4, 0.5) is 5.69 Å². The van der Waals surface area contributed by atoms with Gasteiger partial charge in [0, 0.05) is 5.69 Å². The molecule has 0 saturated heterocycles. The van der Waals surface area contributed by atoms with Gasteiger partial charge in [-0.1, -0.05) is 24.3 Å². The van der Waals surface area contributed by atoms with Gasteiger partial charge in [-0.3, -0.25) is 4.79 Å². The number of benzene rings is 1. The summed E-state index contributed by atoms with van der Waals surface area (Å²) in [5.74, 6) is 0. The second-order valence-corrected chi connectivity index (χ2v) is 2.76. The minimum Gasteiger partial charge on any atom is -0.353 e. The maximum atomic E-state index is 10.4. The highest BCUT2D eigenvalue weighted by atomic mass is 16.1. The molecule has 0 amide bonds. The van der Waals surface area contributed by atoms with E-state index in [9.17, 15) is 4.79 Å². The first kappa shape index (κ1) is 7.10. The Morgan fingerprint density at radius 2 is 2.17 bits per heavy atom. The van der Waals surface area contributed by atoms with Crippen LogP contribution in [-0.4, -0.2) is 6.29 Å². The SMILES string of the molecule is O=CC1=CCc2ccccc2N1. The lowest BCUT2D eigenvalue weighted by Gasteiger charge is -2.15. The molecule has 1 aromatic carbocycles. The monoisotopic (exact) mass is 159 g/mol. The molecule has 0 unspecified atom stereocenters. The van der Waals surface area contributed by atoms with Crippen molar-refractivity contribution in [2.24, 2.45) is 0 Å². The molecule has 0 saturated carbocycles. The summed E-state index contributed by atoms with van der Waals surface area (Å²) >= 11 is 0. The number of fused-ring (bicyclic) bond motifs is 1. The Labute approximate surface area is 70.9 Å². The van der Waals surface area contributed by atoms with Gasteiger partial charge in [0.1, 0.15) is 0 Å². The Morgan fingerprint density at radius 1 is 1.33 bits per heavy atom. The molecule has 0 aliphatic carbocycles. The maximum Gasteiger partial charge on any atom is 0.165 e. The molecule has 2 nitrogen and oxygen atoms in total. The van der Waals surface area contributed by atoms with E-state index in [0.29, 0.717) is 5.70 Å². The van der Waals surface area contributed by atoms with Gasteiger partial charge in [0.2, 0.25) is 0 Å². The van der Waals surface area contributed by atoms with Crippen LogP contribution in [0, 0.1) is 0 Å². The van der Waals surface area contributed by atoms with Gasteiger partial charge in [-0.15, -0.1) is 0 Å². The third-order valence-corrected chi connectivity index (χ3v) is 1.97. The molecular weight excluding hydrogens is 150 g/mol. The molecule has 1 aromatic rings. The Morgan fingerprint density at radius 3 is 3.00 bits per heavy atom. The zero-order valence-electron chi connectivity index (χ0n) is 6.58. The highest BCUT2D eigenvalue weighted by Gasteiger charge is 2.07. The largest absolute Gasteiger partial charge is 0.353 e. The molecule has 2 heteroatoms. The summed E-state index contributed by atoms with van der Waals surface area (Å²) in [5, 5.41) is 3.04. The van der Waals surface area contributed by atoms with E-state index in [1.807, 2.05) is 24.3 Å². The molecule has 0 spiro atoms. The zero-order valence-corrected chi connectivity index (χ0v) is 6.58. The fourth-order valence-corrected chi connectivity index (χ4v) is 1.32. The predicted octanol–water partition coefficient (Wildman–Crippen LogP) is 1.74. The van der Waals surface area contributed by atoms with Gasteiger partial charge in [0.15, 0.2) is 6.29 Å². The van der Waals surface area contributed by atoms with Crippen LogP contribution < -0.4 is 5.32 Å². The van der Waals surface area contributed by atoms with Crippen LogP contribution in [0.1, 0.15) is 5.56 Å². The van der Waals surface area contributed by atoms with Crippen molar-refractivity contribution in [3.8, 4) is 0 Å². The highest BCUT2D eigenvalue weighted by Crippen LogP contribution is 2.21. The molecule has 0 radical (unpaired) electrons. The molecule has 1 aliphatic rings. The number of hydrogen-bond donors (Lipinski definition) is 1. The van der Waals surface area contributed by atoms with Crippen molar-refractivity contribution in [3.63, 3.8) is 0 Å². The van der Waals surface area contributed by atoms with Gasteiger partial charge >= 0.3 is 0 Å². The molecular formula is C10H9NO. The van der Waals surface area contributed by atoms with Crippen LogP contribution in [-0.2, 0) is 11.2 Å². The second kappa shape index (κ2) is 2.81. The first-order chi connectivity index (χ1) is 5.90. The van der Waals surface area contributed by atoms with Crippen molar-refractivity contribution in [3.05, 3.63) is 41.6 Å². The van der Waals surface area contributed by atoms with E-state index in [1.165, 1.54) is 5.56 Å². The number of para-hydroxylation sites is 1. The smallest absolute Gasteiger partial charge is 0.165 e. The van der Waals surface area contributed by atoms with Crippen molar-refractivity contribution in [2.75, 3.05) is 5.32 Å². The average molecular weight is 159 g/mol. The summed E-state index contributed by atoms with van der Waals surface area (Å²) in [4.78, 5) is 10.4. The van der Waals surface area contributed by atoms with Crippen LogP contribution in [0.3, 0.4) is 0 Å². The van der Waals surface area contributed by atoms with Crippen molar-refractivity contribution < 1.29 is 4.79 Å². The van der Waals surface area contributed by atoms with E-state index in [2.05, 4.69) is 11.4 Å². The van der Waals surface area contributed by atoms with Crippen molar-refractivity contribution in [2.45, 2.75) is 6.42 Å². The molecule has 0 fully saturated rings. The van der Waals surface area contributed by atoms with E-state index in [-0.39, 0.29) is 0 Å².